The van der Waals surface area contributed by atoms with Gasteiger partial charge in [-0.2, -0.15) is 0 Å². The van der Waals surface area contributed by atoms with Gasteiger partial charge in [0.15, 0.2) is 0 Å². The summed E-state index contributed by atoms with van der Waals surface area (Å²) < 4.78 is 0. The van der Waals surface area contributed by atoms with E-state index in [2.05, 4.69) is 60.7 Å². The monoisotopic (exact) mass is 596 g/mol. The van der Waals surface area contributed by atoms with Gasteiger partial charge >= 0.3 is 0 Å². The molecule has 0 atom stereocenters. The summed E-state index contributed by atoms with van der Waals surface area (Å²) in [4.78, 5) is 0. The molecule has 0 radical (unpaired) electrons. The lowest BCUT2D eigenvalue weighted by Crippen LogP contribution is -2.32. The molecule has 3 heteroatoms. The summed E-state index contributed by atoms with van der Waals surface area (Å²) in [7, 11) is 0. The largest absolute Gasteiger partial charge is 0.508 e. The van der Waals surface area contributed by atoms with Gasteiger partial charge in [-0.1, -0.05) is 140 Å². The maximum absolute atomic E-state index is 10.4. The van der Waals surface area contributed by atoms with Crippen LogP contribution in [0.3, 0.4) is 0 Å². The highest BCUT2D eigenvalue weighted by Crippen LogP contribution is 2.53. The summed E-state index contributed by atoms with van der Waals surface area (Å²) >= 11 is 0. The molecule has 7 rings (SSSR count). The molecule has 0 fully saturated rings. The molecule has 0 bridgehead atoms. The van der Waals surface area contributed by atoms with Crippen molar-refractivity contribution in [1.29, 1.82) is 0 Å². The Kier molecular flexibility index (Phi) is 7.58. The molecule has 0 aromatic heterocycles. The van der Waals surface area contributed by atoms with Gasteiger partial charge in [-0.3, -0.25) is 0 Å². The van der Waals surface area contributed by atoms with Crippen molar-refractivity contribution in [2.45, 2.75) is 5.41 Å². The summed E-state index contributed by atoms with van der Waals surface area (Å²) in [6.45, 7) is 0. The van der Waals surface area contributed by atoms with Gasteiger partial charge in [0.05, 0.1) is 5.41 Å². The molecule has 3 nitrogen and oxygen atoms in total. The van der Waals surface area contributed by atoms with E-state index in [0.29, 0.717) is 0 Å². The van der Waals surface area contributed by atoms with Gasteiger partial charge < -0.3 is 15.3 Å². The molecule has 7 aromatic rings. The molecule has 46 heavy (non-hydrogen) atoms. The van der Waals surface area contributed by atoms with E-state index in [1.165, 1.54) is 0 Å². The second-order valence-electron chi connectivity index (χ2n) is 11.4. The lowest BCUT2D eigenvalue weighted by atomic mass is 9.62. The predicted molar refractivity (Wildman–Crippen MR) is 186 cm³/mol. The Morgan fingerprint density at radius 1 is 0.304 bits per heavy atom. The molecule has 3 N–H and O–H groups in total. The molecule has 0 aliphatic carbocycles. The Morgan fingerprint density at radius 3 is 1.20 bits per heavy atom. The van der Waals surface area contributed by atoms with Crippen LogP contribution in [-0.2, 0) is 5.41 Å². The van der Waals surface area contributed by atoms with Gasteiger partial charge in [0, 0.05) is 0 Å². The lowest BCUT2D eigenvalue weighted by Gasteiger charge is -2.39. The van der Waals surface area contributed by atoms with Crippen LogP contribution in [0, 0.1) is 0 Å². The zero-order valence-electron chi connectivity index (χ0n) is 25.1. The van der Waals surface area contributed by atoms with Crippen LogP contribution in [-0.4, -0.2) is 15.3 Å². The lowest BCUT2D eigenvalue weighted by molar-refractivity contribution is 0.474. The molecule has 0 saturated heterocycles. The molecule has 0 unspecified atom stereocenters. The van der Waals surface area contributed by atoms with Gasteiger partial charge in [-0.05, 0) is 92.0 Å². The van der Waals surface area contributed by atoms with E-state index in [9.17, 15) is 15.3 Å². The van der Waals surface area contributed by atoms with E-state index in [1.54, 1.807) is 36.4 Å². The molecule has 0 heterocycles. The minimum absolute atomic E-state index is 0.184. The Bertz CT molecular complexity index is 2020. The summed E-state index contributed by atoms with van der Waals surface area (Å²) in [6.07, 6.45) is 0. The fourth-order valence-electron chi connectivity index (χ4n) is 6.68. The van der Waals surface area contributed by atoms with Crippen LogP contribution >= 0.6 is 0 Å². The van der Waals surface area contributed by atoms with Crippen LogP contribution in [0.4, 0.5) is 0 Å². The van der Waals surface area contributed by atoms with E-state index in [-0.39, 0.29) is 17.2 Å². The van der Waals surface area contributed by atoms with Crippen LogP contribution in [0.25, 0.3) is 33.4 Å². The topological polar surface area (TPSA) is 60.7 Å². The van der Waals surface area contributed by atoms with E-state index in [4.69, 9.17) is 0 Å². The molecular formula is C43H32O3. The smallest absolute Gasteiger partial charge is 0.115 e. The molecule has 0 amide bonds. The molecule has 0 aliphatic rings. The van der Waals surface area contributed by atoms with Crippen molar-refractivity contribution in [3.63, 3.8) is 0 Å². The normalized spacial score (nSPS) is 11.3. The first kappa shape index (κ1) is 28.7. The third-order valence-corrected chi connectivity index (χ3v) is 8.72. The van der Waals surface area contributed by atoms with Crippen molar-refractivity contribution in [3.05, 3.63) is 198 Å². The number of phenols is 3. The Labute approximate surface area is 269 Å². The average molecular weight is 597 g/mol. The zero-order valence-corrected chi connectivity index (χ0v) is 25.1. The highest BCUT2D eigenvalue weighted by molar-refractivity contribution is 5.97. The first-order valence-electron chi connectivity index (χ1n) is 15.3. The average Bonchev–Trinajstić information content (AvgIpc) is 3.11. The number of benzene rings is 7. The Hall–Kier alpha value is -6.06. The van der Waals surface area contributed by atoms with Crippen LogP contribution in [0.2, 0.25) is 0 Å². The first-order chi connectivity index (χ1) is 22.6. The maximum atomic E-state index is 10.4. The quantitative estimate of drug-likeness (QED) is 0.161. The first-order valence-corrected chi connectivity index (χ1v) is 15.3. The maximum Gasteiger partial charge on any atom is 0.115 e. The summed E-state index contributed by atoms with van der Waals surface area (Å²) in [5.74, 6) is 0.571. The highest BCUT2D eigenvalue weighted by atomic mass is 16.3. The number of hydrogen-bond donors (Lipinski definition) is 3. The van der Waals surface area contributed by atoms with Crippen molar-refractivity contribution in [2.75, 3.05) is 0 Å². The van der Waals surface area contributed by atoms with Crippen molar-refractivity contribution >= 4 is 0 Å². The summed E-state index contributed by atoms with van der Waals surface area (Å²) in [6, 6.07) is 57.8. The predicted octanol–water partition coefficient (Wildman–Crippen LogP) is 10.2. The minimum Gasteiger partial charge on any atom is -0.508 e. The Balaban J connectivity index is 1.71. The molecular weight excluding hydrogens is 564 g/mol. The van der Waals surface area contributed by atoms with Gasteiger partial charge in [-0.15, -0.1) is 0 Å². The molecule has 0 spiro atoms. The van der Waals surface area contributed by atoms with Crippen LogP contribution < -0.4 is 0 Å². The van der Waals surface area contributed by atoms with E-state index >= 15 is 0 Å². The van der Waals surface area contributed by atoms with E-state index in [0.717, 1.165) is 55.6 Å². The van der Waals surface area contributed by atoms with Crippen molar-refractivity contribution in [3.8, 4) is 50.6 Å². The Morgan fingerprint density at radius 2 is 0.696 bits per heavy atom. The van der Waals surface area contributed by atoms with Gasteiger partial charge in [-0.25, -0.2) is 0 Å². The summed E-state index contributed by atoms with van der Waals surface area (Å²) in [5.41, 5.74) is 9.34. The number of aromatic hydroxyl groups is 3. The van der Waals surface area contributed by atoms with Crippen LogP contribution in [0.15, 0.2) is 176 Å². The number of hydrogen-bond acceptors (Lipinski definition) is 3. The third-order valence-electron chi connectivity index (χ3n) is 8.72. The minimum atomic E-state index is -0.866. The van der Waals surface area contributed by atoms with E-state index < -0.39 is 5.41 Å². The second-order valence-corrected chi connectivity index (χ2v) is 11.4. The van der Waals surface area contributed by atoms with Crippen LogP contribution in [0.5, 0.6) is 17.2 Å². The fourth-order valence-corrected chi connectivity index (χ4v) is 6.68. The van der Waals surface area contributed by atoms with Crippen molar-refractivity contribution < 1.29 is 15.3 Å². The van der Waals surface area contributed by atoms with Gasteiger partial charge in [0.2, 0.25) is 0 Å². The standard InChI is InChI=1S/C43H32O3/c44-36-22-16-32(17-23-36)41-39(30-10-4-1-5-11-30)28-29-40(42(41)31-12-6-2-7-13-31)43(33-14-8-3-9-15-33,34-18-24-37(45)25-19-34)35-20-26-38(46)27-21-35/h1-29,44-46H. The summed E-state index contributed by atoms with van der Waals surface area (Å²) in [5, 5.41) is 31.2. The fraction of sp³-hybridized carbons (Fsp3) is 0.0233. The zero-order chi connectivity index (χ0) is 31.5. The van der Waals surface area contributed by atoms with Crippen molar-refractivity contribution in [1.82, 2.24) is 0 Å². The van der Waals surface area contributed by atoms with Gasteiger partial charge in [0.25, 0.3) is 0 Å². The van der Waals surface area contributed by atoms with Gasteiger partial charge in [0.1, 0.15) is 17.2 Å². The van der Waals surface area contributed by atoms with Crippen molar-refractivity contribution in [2.24, 2.45) is 0 Å². The second kappa shape index (κ2) is 12.1. The number of rotatable bonds is 7. The molecule has 7 aromatic carbocycles. The van der Waals surface area contributed by atoms with E-state index in [1.807, 2.05) is 78.9 Å². The third kappa shape index (κ3) is 5.08. The molecule has 0 saturated carbocycles. The SMILES string of the molecule is Oc1ccc(-c2c(-c3ccccc3)ccc(C(c3ccccc3)(c3ccc(O)cc3)c3ccc(O)cc3)c2-c2ccccc2)cc1. The number of phenolic OH excluding ortho intramolecular Hbond substituents is 3. The van der Waals surface area contributed by atoms with Crippen LogP contribution in [0.1, 0.15) is 22.3 Å². The highest BCUT2D eigenvalue weighted by Gasteiger charge is 2.41. The molecule has 222 valence electrons. The molecule has 0 aliphatic heterocycles.